The van der Waals surface area contributed by atoms with Crippen LogP contribution in [0, 0.1) is 24.7 Å². The molecule has 4 heteroatoms. The van der Waals surface area contributed by atoms with Crippen LogP contribution in [0.1, 0.15) is 62.1 Å². The molecule has 0 aromatic heterocycles. The van der Waals surface area contributed by atoms with Crippen LogP contribution in [0.3, 0.4) is 0 Å². The van der Waals surface area contributed by atoms with Crippen LogP contribution in [-0.2, 0) is 13.2 Å². The molecule has 4 saturated carbocycles. The second-order valence-corrected chi connectivity index (χ2v) is 11.0. The lowest BCUT2D eigenvalue weighted by atomic mass is 9.53. The molecular weight excluding hydrogens is 450 g/mol. The number of aryl methyl sites for hydroxylation is 1. The average molecular weight is 484 g/mol. The smallest absolute Gasteiger partial charge is 0.175 e. The van der Waals surface area contributed by atoms with Crippen molar-refractivity contribution in [2.75, 3.05) is 6.61 Å². The summed E-state index contributed by atoms with van der Waals surface area (Å²) in [5.41, 5.74) is 4.05. The largest absolute Gasteiger partial charge is 0.490 e. The van der Waals surface area contributed by atoms with Gasteiger partial charge in [-0.25, -0.2) is 0 Å². The molecule has 0 spiro atoms. The van der Waals surface area contributed by atoms with Crippen LogP contribution in [0.2, 0.25) is 0 Å². The minimum atomic E-state index is 0.369. The molecule has 6 rings (SSSR count). The molecule has 0 saturated heterocycles. The second kappa shape index (κ2) is 8.78. The molecule has 0 unspecified atom stereocenters. The number of halogens is 1. The van der Waals surface area contributed by atoms with E-state index in [1.165, 1.54) is 49.7 Å². The van der Waals surface area contributed by atoms with E-state index in [1.807, 2.05) is 6.92 Å². The van der Waals surface area contributed by atoms with Gasteiger partial charge in [0, 0.05) is 12.1 Å². The fraction of sp³-hybridized carbons (Fsp3) is 0.556. The maximum absolute atomic E-state index is 6.19. The molecule has 4 aliphatic rings. The SMILES string of the molecule is CCOc1cc(CNC23CC4CC(CC(C4)C2)C3)cc(Br)c1OCc1ccc(C)cc1. The van der Waals surface area contributed by atoms with Gasteiger partial charge in [0.25, 0.3) is 0 Å². The fourth-order valence-corrected chi connectivity index (χ4v) is 7.19. The van der Waals surface area contributed by atoms with E-state index in [0.29, 0.717) is 18.8 Å². The van der Waals surface area contributed by atoms with E-state index in [9.17, 15) is 0 Å². The van der Waals surface area contributed by atoms with Gasteiger partial charge in [-0.05, 0) is 109 Å². The summed E-state index contributed by atoms with van der Waals surface area (Å²) >= 11 is 3.75. The Hall–Kier alpha value is -1.52. The molecule has 4 bridgehead atoms. The maximum Gasteiger partial charge on any atom is 0.175 e. The van der Waals surface area contributed by atoms with Crippen molar-refractivity contribution in [3.63, 3.8) is 0 Å². The van der Waals surface area contributed by atoms with Gasteiger partial charge in [-0.15, -0.1) is 0 Å². The lowest BCUT2D eigenvalue weighted by molar-refractivity contribution is -0.0206. The van der Waals surface area contributed by atoms with Crippen molar-refractivity contribution in [1.29, 1.82) is 0 Å². The van der Waals surface area contributed by atoms with E-state index < -0.39 is 0 Å². The third kappa shape index (κ3) is 4.66. The van der Waals surface area contributed by atoms with Gasteiger partial charge >= 0.3 is 0 Å². The van der Waals surface area contributed by atoms with Gasteiger partial charge in [0.1, 0.15) is 6.61 Å². The molecule has 0 radical (unpaired) electrons. The van der Waals surface area contributed by atoms with Crippen LogP contribution in [0.5, 0.6) is 11.5 Å². The molecule has 0 aliphatic heterocycles. The number of hydrogen-bond donors (Lipinski definition) is 1. The summed E-state index contributed by atoms with van der Waals surface area (Å²) in [6.07, 6.45) is 8.55. The van der Waals surface area contributed by atoms with Crippen LogP contribution in [0.25, 0.3) is 0 Å². The minimum Gasteiger partial charge on any atom is -0.490 e. The van der Waals surface area contributed by atoms with Gasteiger partial charge in [0.05, 0.1) is 11.1 Å². The van der Waals surface area contributed by atoms with E-state index in [-0.39, 0.29) is 0 Å². The fourth-order valence-electron chi connectivity index (χ4n) is 6.58. The zero-order chi connectivity index (χ0) is 21.4. The van der Waals surface area contributed by atoms with E-state index in [0.717, 1.165) is 45.8 Å². The molecule has 31 heavy (non-hydrogen) atoms. The number of rotatable bonds is 8. The van der Waals surface area contributed by atoms with Crippen molar-refractivity contribution in [2.45, 2.75) is 71.1 Å². The number of benzene rings is 2. The van der Waals surface area contributed by atoms with Gasteiger partial charge < -0.3 is 14.8 Å². The Morgan fingerprint density at radius 1 is 0.935 bits per heavy atom. The monoisotopic (exact) mass is 483 g/mol. The van der Waals surface area contributed by atoms with Gasteiger partial charge in [-0.1, -0.05) is 29.8 Å². The number of ether oxygens (including phenoxy) is 2. The third-order valence-corrected chi connectivity index (χ3v) is 8.17. The van der Waals surface area contributed by atoms with Crippen molar-refractivity contribution >= 4 is 15.9 Å². The van der Waals surface area contributed by atoms with Crippen LogP contribution < -0.4 is 14.8 Å². The Balaban J connectivity index is 1.29. The first-order chi connectivity index (χ1) is 15.0. The summed E-state index contributed by atoms with van der Waals surface area (Å²) in [6.45, 7) is 6.18. The first-order valence-corrected chi connectivity index (χ1v) is 12.7. The maximum atomic E-state index is 6.19. The molecule has 0 atom stereocenters. The van der Waals surface area contributed by atoms with Crippen LogP contribution in [0.4, 0.5) is 0 Å². The standard InChI is InChI=1S/C27H34BrNO2/c1-3-30-25-12-23(11-24(28)26(25)31-17-19-6-4-18(2)5-7-19)16-29-27-13-20-8-21(14-27)10-22(9-20)15-27/h4-7,11-12,20-22,29H,3,8-10,13-17H2,1-2H3. The highest BCUT2D eigenvalue weighted by molar-refractivity contribution is 9.10. The lowest BCUT2D eigenvalue weighted by Crippen LogP contribution is -2.58. The van der Waals surface area contributed by atoms with Gasteiger partial charge in [-0.3, -0.25) is 0 Å². The summed E-state index contributed by atoms with van der Waals surface area (Å²) in [6, 6.07) is 12.8. The Morgan fingerprint density at radius 3 is 2.19 bits per heavy atom. The molecule has 0 amide bonds. The highest BCUT2D eigenvalue weighted by Crippen LogP contribution is 2.55. The molecule has 4 fully saturated rings. The summed E-state index contributed by atoms with van der Waals surface area (Å²) < 4.78 is 13.1. The first kappa shape index (κ1) is 21.3. The molecule has 2 aromatic rings. The predicted molar refractivity (Wildman–Crippen MR) is 129 cm³/mol. The highest BCUT2D eigenvalue weighted by Gasteiger charge is 2.50. The summed E-state index contributed by atoms with van der Waals surface area (Å²) in [7, 11) is 0. The molecular formula is C27H34BrNO2. The van der Waals surface area contributed by atoms with Gasteiger partial charge in [0.2, 0.25) is 0 Å². The van der Waals surface area contributed by atoms with E-state index in [1.54, 1.807) is 0 Å². The predicted octanol–water partition coefficient (Wildman–Crippen LogP) is 6.79. The van der Waals surface area contributed by atoms with Crippen molar-refractivity contribution in [3.8, 4) is 11.5 Å². The molecule has 0 heterocycles. The Kier molecular flexibility index (Phi) is 6.04. The third-order valence-electron chi connectivity index (χ3n) is 7.58. The quantitative estimate of drug-likeness (QED) is 0.447. The van der Waals surface area contributed by atoms with E-state index in [2.05, 4.69) is 64.6 Å². The molecule has 166 valence electrons. The molecule has 2 aromatic carbocycles. The van der Waals surface area contributed by atoms with Crippen LogP contribution >= 0.6 is 15.9 Å². The highest BCUT2D eigenvalue weighted by atomic mass is 79.9. The van der Waals surface area contributed by atoms with E-state index >= 15 is 0 Å². The van der Waals surface area contributed by atoms with Crippen molar-refractivity contribution in [3.05, 3.63) is 57.6 Å². The van der Waals surface area contributed by atoms with Crippen molar-refractivity contribution in [2.24, 2.45) is 17.8 Å². The number of nitrogens with one attached hydrogen (secondary N) is 1. The first-order valence-electron chi connectivity index (χ1n) is 11.9. The van der Waals surface area contributed by atoms with E-state index in [4.69, 9.17) is 9.47 Å². The second-order valence-electron chi connectivity index (χ2n) is 10.2. The molecule has 4 aliphatic carbocycles. The van der Waals surface area contributed by atoms with Crippen molar-refractivity contribution in [1.82, 2.24) is 5.32 Å². The van der Waals surface area contributed by atoms with Crippen LogP contribution in [0.15, 0.2) is 40.9 Å². The zero-order valence-electron chi connectivity index (χ0n) is 18.8. The minimum absolute atomic E-state index is 0.369. The summed E-state index contributed by atoms with van der Waals surface area (Å²) in [5.74, 6) is 4.50. The zero-order valence-corrected chi connectivity index (χ0v) is 20.3. The van der Waals surface area contributed by atoms with Crippen LogP contribution in [-0.4, -0.2) is 12.1 Å². The normalized spacial score (nSPS) is 28.7. The molecule has 1 N–H and O–H groups in total. The lowest BCUT2D eigenvalue weighted by Gasteiger charge is -2.57. The Bertz CT molecular complexity index is 888. The summed E-state index contributed by atoms with van der Waals surface area (Å²) in [4.78, 5) is 0. The Morgan fingerprint density at radius 2 is 1.58 bits per heavy atom. The molecule has 3 nitrogen and oxygen atoms in total. The summed E-state index contributed by atoms with van der Waals surface area (Å²) in [5, 5.41) is 4.01. The topological polar surface area (TPSA) is 30.5 Å². The average Bonchev–Trinajstić information content (AvgIpc) is 2.72. The van der Waals surface area contributed by atoms with Gasteiger partial charge in [-0.2, -0.15) is 0 Å². The number of hydrogen-bond acceptors (Lipinski definition) is 3. The van der Waals surface area contributed by atoms with Gasteiger partial charge in [0.15, 0.2) is 11.5 Å². The van der Waals surface area contributed by atoms with Crippen molar-refractivity contribution < 1.29 is 9.47 Å². The Labute approximate surface area is 195 Å².